The molecule has 56 valence electrons. The summed E-state index contributed by atoms with van der Waals surface area (Å²) in [6, 6.07) is 0. The van der Waals surface area contributed by atoms with Gasteiger partial charge < -0.3 is 5.32 Å². The van der Waals surface area contributed by atoms with Crippen LogP contribution in [0.5, 0.6) is 0 Å². The fourth-order valence-electron chi connectivity index (χ4n) is 0.647. The van der Waals surface area contributed by atoms with Crippen LogP contribution in [0.4, 0.5) is 8.78 Å². The molecule has 9 heavy (non-hydrogen) atoms. The Bertz CT molecular complexity index is 87.4. The normalized spacial score (nSPS) is 20.3. The Balaban J connectivity index is 0.000000640. The fraction of sp³-hybridized carbons (Fsp3) is 1.00. The smallest absolute Gasteiger partial charge is 0.250 e. The van der Waals surface area contributed by atoms with Crippen LogP contribution in [0.15, 0.2) is 0 Å². The maximum absolute atomic E-state index is 12.1. The summed E-state index contributed by atoms with van der Waals surface area (Å²) in [7, 11) is 0. The molecular weight excluding hydrogens is 148 g/mol. The molecule has 0 aliphatic carbocycles. The minimum atomic E-state index is -2.47. The number of halogens is 3. The topological polar surface area (TPSA) is 12.0 Å². The van der Waals surface area contributed by atoms with Crippen molar-refractivity contribution >= 4 is 12.4 Å². The molecule has 4 heteroatoms. The van der Waals surface area contributed by atoms with Crippen molar-refractivity contribution in [3.05, 3.63) is 0 Å². The van der Waals surface area contributed by atoms with E-state index in [1.807, 2.05) is 0 Å². The third kappa shape index (κ3) is 2.06. The van der Waals surface area contributed by atoms with E-state index in [-0.39, 0.29) is 12.4 Å². The Morgan fingerprint density at radius 2 is 1.89 bits per heavy atom. The van der Waals surface area contributed by atoms with Gasteiger partial charge in [0.15, 0.2) is 0 Å². The molecule has 1 fully saturated rings. The molecule has 0 radical (unpaired) electrons. The number of hydrogen-bond donors (Lipinski definition) is 1. The first-order valence-electron chi connectivity index (χ1n) is 2.69. The Hall–Kier alpha value is 0.110. The molecule has 1 aliphatic rings. The zero-order chi connectivity index (χ0) is 6.20. The zero-order valence-electron chi connectivity index (χ0n) is 5.16. The van der Waals surface area contributed by atoms with Crippen molar-refractivity contribution in [2.24, 2.45) is 5.92 Å². The molecule has 1 nitrogen and oxygen atoms in total. The summed E-state index contributed by atoms with van der Waals surface area (Å²) in [5.74, 6) is -2.88. The first-order chi connectivity index (χ1) is 3.61. The molecule has 0 bridgehead atoms. The summed E-state index contributed by atoms with van der Waals surface area (Å²) in [6.45, 7) is 1.92. The first kappa shape index (κ1) is 9.11. The minimum Gasteiger partial charge on any atom is -0.316 e. The van der Waals surface area contributed by atoms with E-state index < -0.39 is 11.8 Å². The van der Waals surface area contributed by atoms with Crippen molar-refractivity contribution in [3.8, 4) is 0 Å². The SMILES string of the molecule is CC(F)(F)C1CNC1.Cl. The van der Waals surface area contributed by atoms with Crippen LogP contribution < -0.4 is 5.32 Å². The molecule has 0 spiro atoms. The van der Waals surface area contributed by atoms with Crippen molar-refractivity contribution in [3.63, 3.8) is 0 Å². The van der Waals surface area contributed by atoms with E-state index in [9.17, 15) is 8.78 Å². The number of hydrogen-bond acceptors (Lipinski definition) is 1. The third-order valence-corrected chi connectivity index (χ3v) is 1.50. The molecule has 0 aromatic heterocycles. The summed E-state index contributed by atoms with van der Waals surface area (Å²) in [5.41, 5.74) is 0. The number of nitrogens with one attached hydrogen (secondary N) is 1. The van der Waals surface area contributed by atoms with Gasteiger partial charge in [-0.25, -0.2) is 8.78 Å². The van der Waals surface area contributed by atoms with Crippen molar-refractivity contribution in [2.45, 2.75) is 12.8 Å². The van der Waals surface area contributed by atoms with Gasteiger partial charge in [-0.2, -0.15) is 0 Å². The van der Waals surface area contributed by atoms with Crippen LogP contribution in [-0.4, -0.2) is 19.0 Å². The maximum Gasteiger partial charge on any atom is 0.250 e. The molecule has 0 atom stereocenters. The summed E-state index contributed by atoms with van der Waals surface area (Å²) in [6.07, 6.45) is 0. The lowest BCUT2D eigenvalue weighted by atomic mass is 9.97. The minimum absolute atomic E-state index is 0. The molecule has 0 amide bonds. The van der Waals surface area contributed by atoms with E-state index in [1.165, 1.54) is 0 Å². The van der Waals surface area contributed by atoms with E-state index in [0.29, 0.717) is 13.1 Å². The lowest BCUT2D eigenvalue weighted by molar-refractivity contribution is -0.0587. The highest BCUT2D eigenvalue weighted by Gasteiger charge is 2.37. The highest BCUT2D eigenvalue weighted by Crippen LogP contribution is 2.25. The van der Waals surface area contributed by atoms with Crippen LogP contribution in [-0.2, 0) is 0 Å². The quantitative estimate of drug-likeness (QED) is 0.605. The summed E-state index contributed by atoms with van der Waals surface area (Å²) in [4.78, 5) is 0. The summed E-state index contributed by atoms with van der Waals surface area (Å²) >= 11 is 0. The van der Waals surface area contributed by atoms with Crippen LogP contribution in [0.2, 0.25) is 0 Å². The third-order valence-electron chi connectivity index (χ3n) is 1.50. The average Bonchev–Trinajstić information content (AvgIpc) is 1.16. The van der Waals surface area contributed by atoms with Gasteiger partial charge in [-0.1, -0.05) is 0 Å². The van der Waals surface area contributed by atoms with E-state index in [0.717, 1.165) is 6.92 Å². The highest BCUT2D eigenvalue weighted by atomic mass is 35.5. The molecule has 1 heterocycles. The molecule has 0 saturated carbocycles. The molecule has 0 unspecified atom stereocenters. The second-order valence-electron chi connectivity index (χ2n) is 2.31. The van der Waals surface area contributed by atoms with Crippen molar-refractivity contribution < 1.29 is 8.78 Å². The monoisotopic (exact) mass is 157 g/mol. The Morgan fingerprint density at radius 3 is 1.89 bits per heavy atom. The van der Waals surface area contributed by atoms with E-state index in [2.05, 4.69) is 5.32 Å². The lowest BCUT2D eigenvalue weighted by Gasteiger charge is -2.31. The van der Waals surface area contributed by atoms with Crippen molar-refractivity contribution in [1.29, 1.82) is 0 Å². The lowest BCUT2D eigenvalue weighted by Crippen LogP contribution is -2.50. The van der Waals surface area contributed by atoms with Crippen molar-refractivity contribution in [2.75, 3.05) is 13.1 Å². The largest absolute Gasteiger partial charge is 0.316 e. The van der Waals surface area contributed by atoms with Gasteiger partial charge >= 0.3 is 0 Å². The van der Waals surface area contributed by atoms with Gasteiger partial charge in [-0.15, -0.1) is 12.4 Å². The highest BCUT2D eigenvalue weighted by molar-refractivity contribution is 5.85. The predicted octanol–water partition coefficient (Wildman–Crippen LogP) is 1.28. The Morgan fingerprint density at radius 1 is 1.44 bits per heavy atom. The average molecular weight is 158 g/mol. The van der Waals surface area contributed by atoms with Crippen LogP contribution in [0, 0.1) is 5.92 Å². The number of rotatable bonds is 1. The van der Waals surface area contributed by atoms with Gasteiger partial charge in [-0.05, 0) is 6.92 Å². The van der Waals surface area contributed by atoms with Crippen LogP contribution in [0.25, 0.3) is 0 Å². The molecule has 1 rings (SSSR count). The van der Waals surface area contributed by atoms with Gasteiger partial charge in [0, 0.05) is 19.0 Å². The van der Waals surface area contributed by atoms with Crippen LogP contribution in [0.3, 0.4) is 0 Å². The van der Waals surface area contributed by atoms with E-state index in [1.54, 1.807) is 0 Å². The molecule has 1 saturated heterocycles. The molecule has 1 aliphatic heterocycles. The molecule has 1 N–H and O–H groups in total. The van der Waals surface area contributed by atoms with Crippen molar-refractivity contribution in [1.82, 2.24) is 5.32 Å². The van der Waals surface area contributed by atoms with Gasteiger partial charge in [-0.3, -0.25) is 0 Å². The molecule has 0 aromatic rings. The second-order valence-corrected chi connectivity index (χ2v) is 2.31. The summed E-state index contributed by atoms with van der Waals surface area (Å²) < 4.78 is 24.3. The van der Waals surface area contributed by atoms with Crippen LogP contribution >= 0.6 is 12.4 Å². The standard InChI is InChI=1S/C5H9F2N.ClH/c1-5(6,7)4-2-8-3-4;/h4,8H,2-3H2,1H3;1H. The second kappa shape index (κ2) is 2.80. The predicted molar refractivity (Wildman–Crippen MR) is 34.2 cm³/mol. The Labute approximate surface area is 59.2 Å². The first-order valence-corrected chi connectivity index (χ1v) is 2.69. The van der Waals surface area contributed by atoms with Gasteiger partial charge in [0.05, 0.1) is 0 Å². The van der Waals surface area contributed by atoms with Gasteiger partial charge in [0.25, 0.3) is 5.92 Å². The number of alkyl halides is 2. The van der Waals surface area contributed by atoms with E-state index in [4.69, 9.17) is 0 Å². The van der Waals surface area contributed by atoms with Gasteiger partial charge in [0.2, 0.25) is 0 Å². The van der Waals surface area contributed by atoms with Gasteiger partial charge in [0.1, 0.15) is 0 Å². The Kier molecular flexibility index (Phi) is 2.83. The zero-order valence-corrected chi connectivity index (χ0v) is 5.97. The maximum atomic E-state index is 12.1. The van der Waals surface area contributed by atoms with Crippen LogP contribution in [0.1, 0.15) is 6.92 Å². The van der Waals surface area contributed by atoms with E-state index >= 15 is 0 Å². The molecule has 0 aromatic carbocycles. The summed E-state index contributed by atoms with van der Waals surface area (Å²) in [5, 5.41) is 2.79. The fourth-order valence-corrected chi connectivity index (χ4v) is 0.647. The molecular formula is C5H10ClF2N.